The van der Waals surface area contributed by atoms with Crippen LogP contribution in [0.4, 0.5) is 5.69 Å². The van der Waals surface area contributed by atoms with E-state index < -0.39 is 16.0 Å². The Kier molecular flexibility index (Phi) is 4.82. The van der Waals surface area contributed by atoms with Crippen LogP contribution in [-0.4, -0.2) is 26.0 Å². The van der Waals surface area contributed by atoms with Crippen LogP contribution in [-0.2, 0) is 14.8 Å². The lowest BCUT2D eigenvalue weighted by Gasteiger charge is -2.24. The first-order valence-corrected chi connectivity index (χ1v) is 8.21. The van der Waals surface area contributed by atoms with Gasteiger partial charge in [-0.1, -0.05) is 30.3 Å². The summed E-state index contributed by atoms with van der Waals surface area (Å²) in [4.78, 5) is 11.0. The Hall–Kier alpha value is -2.34. The summed E-state index contributed by atoms with van der Waals surface area (Å²) in [5.41, 5.74) is 1.37. The summed E-state index contributed by atoms with van der Waals surface area (Å²) < 4.78 is 26.7. The van der Waals surface area contributed by atoms with Crippen molar-refractivity contribution in [3.05, 3.63) is 60.2 Å². The van der Waals surface area contributed by atoms with Crippen LogP contribution in [0.2, 0.25) is 0 Å². The van der Waals surface area contributed by atoms with E-state index in [0.717, 1.165) is 9.87 Å². The fraction of sp³-hybridized carbons (Fsp3) is 0.188. The first-order valence-electron chi connectivity index (χ1n) is 6.77. The number of carbonyl (C=O) groups is 1. The monoisotopic (exact) mass is 319 g/mol. The maximum Gasteiger partial charge on any atom is 0.305 e. The molecule has 1 N–H and O–H groups in total. The molecule has 0 aliphatic carbocycles. The average molecular weight is 319 g/mol. The summed E-state index contributed by atoms with van der Waals surface area (Å²) in [6.07, 6.45) is -0.264. The van der Waals surface area contributed by atoms with E-state index in [1.54, 1.807) is 36.4 Å². The normalized spacial score (nSPS) is 11.1. The van der Waals surface area contributed by atoms with Crippen LogP contribution in [0.25, 0.3) is 0 Å². The molecule has 0 aromatic heterocycles. The molecule has 0 saturated carbocycles. The van der Waals surface area contributed by atoms with Crippen molar-refractivity contribution in [2.75, 3.05) is 10.8 Å². The number of hydrogen-bond acceptors (Lipinski definition) is 3. The second-order valence-electron chi connectivity index (χ2n) is 4.87. The Labute approximate surface area is 129 Å². The van der Waals surface area contributed by atoms with Crippen LogP contribution in [0.15, 0.2) is 59.5 Å². The summed E-state index contributed by atoms with van der Waals surface area (Å²) in [6, 6.07) is 15.0. The van der Waals surface area contributed by atoms with Gasteiger partial charge in [0.15, 0.2) is 0 Å². The highest BCUT2D eigenvalue weighted by atomic mass is 32.2. The van der Waals surface area contributed by atoms with E-state index in [9.17, 15) is 13.2 Å². The second-order valence-corrected chi connectivity index (χ2v) is 6.74. The number of anilines is 1. The number of hydrogen-bond donors (Lipinski definition) is 1. The first-order chi connectivity index (χ1) is 10.4. The summed E-state index contributed by atoms with van der Waals surface area (Å²) in [7, 11) is -3.80. The number of carboxylic acids is 1. The van der Waals surface area contributed by atoms with E-state index in [4.69, 9.17) is 5.11 Å². The number of sulfonamides is 1. The van der Waals surface area contributed by atoms with E-state index >= 15 is 0 Å². The van der Waals surface area contributed by atoms with Crippen molar-refractivity contribution in [1.82, 2.24) is 0 Å². The van der Waals surface area contributed by atoms with Crippen LogP contribution >= 0.6 is 0 Å². The standard InChI is InChI=1S/C16H17NO4S/c1-13-6-5-7-14(12-13)17(11-10-16(18)19)22(20,21)15-8-3-2-4-9-15/h2-9,12H,10-11H2,1H3,(H,18,19). The summed E-state index contributed by atoms with van der Waals surface area (Å²) in [5, 5.41) is 8.88. The zero-order chi connectivity index (χ0) is 16.2. The minimum atomic E-state index is -3.80. The van der Waals surface area contributed by atoms with Gasteiger partial charge in [0, 0.05) is 6.54 Å². The maximum absolute atomic E-state index is 12.8. The highest BCUT2D eigenvalue weighted by Gasteiger charge is 2.25. The fourth-order valence-corrected chi connectivity index (χ4v) is 3.57. The Morgan fingerprint density at radius 2 is 1.77 bits per heavy atom. The lowest BCUT2D eigenvalue weighted by atomic mass is 10.2. The van der Waals surface area contributed by atoms with E-state index in [2.05, 4.69) is 0 Å². The number of rotatable bonds is 6. The Morgan fingerprint density at radius 3 is 2.36 bits per heavy atom. The van der Waals surface area contributed by atoms with Crippen LogP contribution in [0, 0.1) is 6.92 Å². The molecule has 0 bridgehead atoms. The lowest BCUT2D eigenvalue weighted by molar-refractivity contribution is -0.136. The number of aliphatic carboxylic acids is 1. The van der Waals surface area contributed by atoms with Crippen molar-refractivity contribution in [3.63, 3.8) is 0 Å². The van der Waals surface area contributed by atoms with Crippen molar-refractivity contribution in [2.45, 2.75) is 18.2 Å². The molecule has 0 amide bonds. The van der Waals surface area contributed by atoms with Crippen molar-refractivity contribution >= 4 is 21.7 Å². The molecule has 0 atom stereocenters. The number of aryl methyl sites for hydroxylation is 1. The first kappa shape index (κ1) is 16.0. The van der Waals surface area contributed by atoms with Gasteiger partial charge in [-0.25, -0.2) is 8.42 Å². The Balaban J connectivity index is 2.46. The van der Waals surface area contributed by atoms with Gasteiger partial charge < -0.3 is 5.11 Å². The topological polar surface area (TPSA) is 74.7 Å². The lowest BCUT2D eigenvalue weighted by Crippen LogP contribution is -2.33. The van der Waals surface area contributed by atoms with Crippen LogP contribution in [0.3, 0.4) is 0 Å². The van der Waals surface area contributed by atoms with Crippen molar-refractivity contribution in [1.29, 1.82) is 0 Å². The molecular formula is C16H17NO4S. The highest BCUT2D eigenvalue weighted by molar-refractivity contribution is 7.92. The summed E-state index contributed by atoms with van der Waals surface area (Å²) in [5.74, 6) is -1.04. The molecule has 2 rings (SSSR count). The third-order valence-corrected chi connectivity index (χ3v) is 4.99. The molecule has 6 heteroatoms. The van der Waals surface area contributed by atoms with Crippen LogP contribution in [0.1, 0.15) is 12.0 Å². The van der Waals surface area contributed by atoms with Crippen LogP contribution < -0.4 is 4.31 Å². The molecule has 0 radical (unpaired) electrons. The van der Waals surface area contributed by atoms with Gasteiger partial charge in [0.05, 0.1) is 17.0 Å². The minimum Gasteiger partial charge on any atom is -0.481 e. The molecule has 0 fully saturated rings. The zero-order valence-corrected chi connectivity index (χ0v) is 13.0. The van der Waals surface area contributed by atoms with Crippen molar-refractivity contribution < 1.29 is 18.3 Å². The fourth-order valence-electron chi connectivity index (χ4n) is 2.09. The van der Waals surface area contributed by atoms with E-state index in [-0.39, 0.29) is 17.9 Å². The third-order valence-electron chi connectivity index (χ3n) is 3.15. The van der Waals surface area contributed by atoms with Gasteiger partial charge in [-0.05, 0) is 36.8 Å². The third kappa shape index (κ3) is 3.65. The van der Waals surface area contributed by atoms with Gasteiger partial charge in [0.25, 0.3) is 10.0 Å². The van der Waals surface area contributed by atoms with Crippen molar-refractivity contribution in [3.8, 4) is 0 Å². The molecule has 0 aliphatic rings. The quantitative estimate of drug-likeness (QED) is 0.888. The van der Waals surface area contributed by atoms with Gasteiger partial charge >= 0.3 is 5.97 Å². The summed E-state index contributed by atoms with van der Waals surface area (Å²) >= 11 is 0. The Bertz CT molecular complexity index is 757. The number of carboxylic acid groups (broad SMARTS) is 1. The smallest absolute Gasteiger partial charge is 0.305 e. The number of nitrogens with zero attached hydrogens (tertiary/aromatic N) is 1. The highest BCUT2D eigenvalue weighted by Crippen LogP contribution is 2.24. The predicted octanol–water partition coefficient (Wildman–Crippen LogP) is 2.67. The largest absolute Gasteiger partial charge is 0.481 e. The van der Waals surface area contributed by atoms with E-state index in [0.29, 0.717) is 5.69 Å². The Morgan fingerprint density at radius 1 is 1.09 bits per heavy atom. The average Bonchev–Trinajstić information content (AvgIpc) is 2.48. The molecule has 0 spiro atoms. The van der Waals surface area contributed by atoms with Gasteiger partial charge in [0.1, 0.15) is 0 Å². The van der Waals surface area contributed by atoms with Crippen molar-refractivity contribution in [2.24, 2.45) is 0 Å². The van der Waals surface area contributed by atoms with Gasteiger partial charge in [-0.3, -0.25) is 9.10 Å². The minimum absolute atomic E-state index is 0.115. The molecule has 0 heterocycles. The molecule has 116 valence electrons. The predicted molar refractivity (Wildman–Crippen MR) is 84.4 cm³/mol. The van der Waals surface area contributed by atoms with Gasteiger partial charge in [0.2, 0.25) is 0 Å². The number of benzene rings is 2. The second kappa shape index (κ2) is 6.62. The van der Waals surface area contributed by atoms with Crippen LogP contribution in [0.5, 0.6) is 0 Å². The maximum atomic E-state index is 12.8. The van der Waals surface area contributed by atoms with E-state index in [1.807, 2.05) is 13.0 Å². The molecular weight excluding hydrogens is 302 g/mol. The molecule has 2 aromatic rings. The molecule has 22 heavy (non-hydrogen) atoms. The molecule has 0 saturated heterocycles. The molecule has 2 aromatic carbocycles. The zero-order valence-electron chi connectivity index (χ0n) is 12.1. The van der Waals surface area contributed by atoms with E-state index in [1.165, 1.54) is 12.1 Å². The van der Waals surface area contributed by atoms with Gasteiger partial charge in [-0.15, -0.1) is 0 Å². The molecule has 0 unspecified atom stereocenters. The van der Waals surface area contributed by atoms with Gasteiger partial charge in [-0.2, -0.15) is 0 Å². The molecule has 5 nitrogen and oxygen atoms in total. The SMILES string of the molecule is Cc1cccc(N(CCC(=O)O)S(=O)(=O)c2ccccc2)c1. The summed E-state index contributed by atoms with van der Waals surface area (Å²) in [6.45, 7) is 1.74. The molecule has 0 aliphatic heterocycles.